The van der Waals surface area contributed by atoms with E-state index in [4.69, 9.17) is 33.5 Å². The Hall–Kier alpha value is -4.34. The monoisotopic (exact) mass is 808 g/mol. The first-order chi connectivity index (χ1) is 24.9. The number of hydrogen-bond acceptors (Lipinski definition) is 14. The summed E-state index contributed by atoms with van der Waals surface area (Å²) in [6.45, 7) is 13.7. The molecule has 1 N–H and O–H groups in total. The summed E-state index contributed by atoms with van der Waals surface area (Å²) in [6, 6.07) is 9.67. The first kappa shape index (κ1) is 44.8. The van der Waals surface area contributed by atoms with Gasteiger partial charge in [0.2, 0.25) is 6.29 Å². The van der Waals surface area contributed by atoms with Crippen molar-refractivity contribution in [3.8, 4) is 11.5 Å². The number of hydrogen-bond donors (Lipinski definition) is 1. The lowest BCUT2D eigenvalue weighted by Gasteiger charge is -2.42. The number of halogens is 1. The topological polar surface area (TPSA) is 187 Å². The molecule has 0 saturated carbocycles. The van der Waals surface area contributed by atoms with Crippen LogP contribution in [0, 0.1) is 37.5 Å². The van der Waals surface area contributed by atoms with Crippen molar-refractivity contribution in [2.24, 2.45) is 23.7 Å². The molecule has 2 saturated heterocycles. The second kappa shape index (κ2) is 20.8. The fourth-order valence-electron chi connectivity index (χ4n) is 5.65. The van der Waals surface area contributed by atoms with E-state index >= 15 is 0 Å². The van der Waals surface area contributed by atoms with Crippen LogP contribution in [0.1, 0.15) is 73.4 Å². The molecule has 2 aromatic rings. The molecule has 2 fully saturated rings. The molecule has 0 radical (unpaired) electrons. The van der Waals surface area contributed by atoms with Gasteiger partial charge >= 0.3 is 23.9 Å². The van der Waals surface area contributed by atoms with Gasteiger partial charge in [0, 0.05) is 36.8 Å². The minimum absolute atomic E-state index is 0.00104. The minimum atomic E-state index is -0.977. The standard InChI is InChI=1S/C19H24O7.C11H17BrO5.C8H8O2/c1-10-8-14(9-20)6-7-15(10)25-19-17(24-13(4)21)12(3)11(2)16(26-19)18(22)23-5;1-5-6(2)9(11(14)15-4)17-10(12)8(5)16-7(3)13;1-6-4-7(5-9)2-3-8(6)10/h6-9,11-12,16-17,19H,1-5H3;5-6,8-10H,1-4H3;2-5,10H,1H3/t11-,12-,16-,17+,19+;5-,6-,8+,9-,10-;/m00./s1. The number of aromatic hydroxyl groups is 1. The van der Waals surface area contributed by atoms with Crippen molar-refractivity contribution in [2.45, 2.75) is 91.1 Å². The summed E-state index contributed by atoms with van der Waals surface area (Å²) < 4.78 is 37.3. The second-order valence-electron chi connectivity index (χ2n) is 12.9. The van der Waals surface area contributed by atoms with Gasteiger partial charge in [-0.2, -0.15) is 0 Å². The number of carbonyl (C=O) groups excluding carboxylic acids is 6. The Morgan fingerprint density at radius 1 is 0.698 bits per heavy atom. The number of aryl methyl sites for hydroxylation is 2. The quantitative estimate of drug-likeness (QED) is 0.157. The van der Waals surface area contributed by atoms with E-state index in [0.29, 0.717) is 16.9 Å². The Kier molecular flexibility index (Phi) is 17.6. The zero-order valence-electron chi connectivity index (χ0n) is 31.5. The van der Waals surface area contributed by atoms with Crippen LogP contribution in [0.2, 0.25) is 0 Å². The van der Waals surface area contributed by atoms with Crippen LogP contribution in [0.25, 0.3) is 0 Å². The van der Waals surface area contributed by atoms with Gasteiger partial charge in [-0.15, -0.1) is 0 Å². The van der Waals surface area contributed by atoms with E-state index in [9.17, 15) is 28.8 Å². The molecule has 0 spiro atoms. The smallest absolute Gasteiger partial charge is 0.335 e. The second-order valence-corrected chi connectivity index (χ2v) is 13.8. The lowest BCUT2D eigenvalue weighted by molar-refractivity contribution is -0.248. The summed E-state index contributed by atoms with van der Waals surface area (Å²) in [4.78, 5) is 67.2. The van der Waals surface area contributed by atoms with Crippen molar-refractivity contribution in [3.63, 3.8) is 0 Å². The molecule has 2 heterocycles. The van der Waals surface area contributed by atoms with Crippen LogP contribution in [0.5, 0.6) is 11.5 Å². The number of benzene rings is 2. The van der Waals surface area contributed by atoms with Gasteiger partial charge in [0.15, 0.2) is 23.3 Å². The van der Waals surface area contributed by atoms with Crippen LogP contribution >= 0.6 is 15.9 Å². The van der Waals surface area contributed by atoms with Crippen molar-refractivity contribution in [2.75, 3.05) is 14.2 Å². The molecule has 15 heteroatoms. The highest BCUT2D eigenvalue weighted by molar-refractivity contribution is 9.09. The summed E-state index contributed by atoms with van der Waals surface area (Å²) in [7, 11) is 2.61. The molecule has 2 aromatic carbocycles. The van der Waals surface area contributed by atoms with Crippen LogP contribution in [0.15, 0.2) is 36.4 Å². The predicted octanol–water partition coefficient (Wildman–Crippen LogP) is 5.28. The van der Waals surface area contributed by atoms with Crippen molar-refractivity contribution in [1.29, 1.82) is 0 Å². The largest absolute Gasteiger partial charge is 0.508 e. The molecular formula is C38H49BrO14. The maximum Gasteiger partial charge on any atom is 0.335 e. The summed E-state index contributed by atoms with van der Waals surface area (Å²) in [6.07, 6.45) is -2.03. The number of rotatable bonds is 8. The minimum Gasteiger partial charge on any atom is -0.508 e. The molecule has 292 valence electrons. The molecule has 4 rings (SSSR count). The number of aldehydes is 2. The fraction of sp³-hybridized carbons (Fsp3) is 0.526. The van der Waals surface area contributed by atoms with Gasteiger partial charge < -0.3 is 38.3 Å². The molecule has 53 heavy (non-hydrogen) atoms. The van der Waals surface area contributed by atoms with Gasteiger partial charge in [-0.1, -0.05) is 43.6 Å². The van der Waals surface area contributed by atoms with E-state index in [1.165, 1.54) is 34.1 Å². The van der Waals surface area contributed by atoms with Crippen LogP contribution in [0.4, 0.5) is 0 Å². The van der Waals surface area contributed by atoms with Gasteiger partial charge in [0.1, 0.15) is 30.2 Å². The Morgan fingerprint density at radius 3 is 1.60 bits per heavy atom. The highest BCUT2D eigenvalue weighted by Gasteiger charge is 2.48. The van der Waals surface area contributed by atoms with Gasteiger partial charge in [0.05, 0.1) is 14.2 Å². The third kappa shape index (κ3) is 12.4. The lowest BCUT2D eigenvalue weighted by Crippen LogP contribution is -2.55. The Bertz CT molecular complexity index is 1590. The maximum atomic E-state index is 12.1. The molecule has 10 atom stereocenters. The lowest BCUT2D eigenvalue weighted by atomic mass is 9.83. The Morgan fingerprint density at radius 2 is 1.15 bits per heavy atom. The van der Waals surface area contributed by atoms with E-state index in [0.717, 1.165) is 23.7 Å². The van der Waals surface area contributed by atoms with Crippen molar-refractivity contribution < 1.29 is 67.0 Å². The third-order valence-corrected chi connectivity index (χ3v) is 9.88. The van der Waals surface area contributed by atoms with Crippen LogP contribution in [-0.4, -0.2) is 91.5 Å². The summed E-state index contributed by atoms with van der Waals surface area (Å²) in [5.74, 6) is -1.55. The molecule has 0 amide bonds. The number of esters is 4. The van der Waals surface area contributed by atoms with Crippen molar-refractivity contribution in [3.05, 3.63) is 58.7 Å². The summed E-state index contributed by atoms with van der Waals surface area (Å²) in [5, 5.41) is 8.52. The van der Waals surface area contributed by atoms with E-state index < -0.39 is 53.6 Å². The van der Waals surface area contributed by atoms with Gasteiger partial charge in [-0.05, 0) is 73.2 Å². The van der Waals surface area contributed by atoms with Gasteiger partial charge in [-0.25, -0.2) is 9.59 Å². The number of phenols is 1. The van der Waals surface area contributed by atoms with Gasteiger partial charge in [0.25, 0.3) is 0 Å². The van der Waals surface area contributed by atoms with Crippen LogP contribution < -0.4 is 4.74 Å². The normalized spacial score (nSPS) is 27.5. The van der Waals surface area contributed by atoms with Crippen LogP contribution in [-0.2, 0) is 47.6 Å². The number of ether oxygens (including phenoxy) is 7. The van der Waals surface area contributed by atoms with Crippen molar-refractivity contribution >= 4 is 52.4 Å². The fourth-order valence-corrected chi connectivity index (χ4v) is 6.48. The van der Waals surface area contributed by atoms with E-state index in [-0.39, 0.29) is 35.4 Å². The van der Waals surface area contributed by atoms with Gasteiger partial charge in [-0.3, -0.25) is 19.2 Å². The zero-order chi connectivity index (χ0) is 40.2. The molecular weight excluding hydrogens is 760 g/mol. The highest BCUT2D eigenvalue weighted by Crippen LogP contribution is 2.37. The molecule has 0 aromatic heterocycles. The molecule has 0 bridgehead atoms. The van der Waals surface area contributed by atoms with E-state index in [1.54, 1.807) is 44.2 Å². The average molecular weight is 810 g/mol. The first-order valence-corrected chi connectivity index (χ1v) is 17.7. The maximum absolute atomic E-state index is 12.1. The average Bonchev–Trinajstić information content (AvgIpc) is 3.12. The summed E-state index contributed by atoms with van der Waals surface area (Å²) in [5.41, 5.74) is 2.56. The molecule has 0 unspecified atom stereocenters. The number of alkyl halides is 1. The molecule has 2 aliphatic rings. The van der Waals surface area contributed by atoms with E-state index in [2.05, 4.69) is 20.7 Å². The summed E-state index contributed by atoms with van der Waals surface area (Å²) >= 11 is 3.28. The van der Waals surface area contributed by atoms with Crippen LogP contribution in [0.3, 0.4) is 0 Å². The molecule has 0 aliphatic carbocycles. The first-order valence-electron chi connectivity index (χ1n) is 16.8. The highest BCUT2D eigenvalue weighted by atomic mass is 79.9. The predicted molar refractivity (Wildman–Crippen MR) is 193 cm³/mol. The van der Waals surface area contributed by atoms with Crippen molar-refractivity contribution in [1.82, 2.24) is 0 Å². The Labute approximate surface area is 317 Å². The number of methoxy groups -OCH3 is 2. The molecule has 2 aliphatic heterocycles. The third-order valence-electron chi connectivity index (χ3n) is 9.14. The SMILES string of the molecule is COC(=O)[C@H]1O[C@@H](Oc2ccc(C=O)cc2C)[C@H](OC(C)=O)[C@@H](C)[C@@H]1C.COC(=O)[C@H]1O[C@H](Br)[C@H](OC(C)=O)[C@@H](C)[C@@H]1C.Cc1cc(C=O)ccc1O. The number of phenolic OH excluding ortho intramolecular Hbond substituents is 1. The zero-order valence-corrected chi connectivity index (χ0v) is 33.1. The van der Waals surface area contributed by atoms with E-state index in [1.807, 2.05) is 27.7 Å². The Balaban J connectivity index is 0.000000307. The number of carbonyl (C=O) groups is 6. The molecule has 14 nitrogen and oxygen atoms in total.